The fourth-order valence-electron chi connectivity index (χ4n) is 2.50. The third kappa shape index (κ3) is 2.10. The number of carbonyl (C=O) groups is 2. The number of aryl methyl sites for hydroxylation is 2. The van der Waals surface area contributed by atoms with Gasteiger partial charge in [0.1, 0.15) is 0 Å². The standard InChI is InChI=1S/C13H14N6O2/c14-8-5-19(18-10(8)12(16)21)13-7(11(15)20)4-6-2-1-3-9(6)17-13/h4-5H,1-3,14H2,(H2,15,20)(H2,16,21). The van der Waals surface area contributed by atoms with Gasteiger partial charge in [-0.3, -0.25) is 9.59 Å². The lowest BCUT2D eigenvalue weighted by Crippen LogP contribution is -2.18. The van der Waals surface area contributed by atoms with Crippen LogP contribution in [0.15, 0.2) is 12.3 Å². The van der Waals surface area contributed by atoms with Gasteiger partial charge in [0.15, 0.2) is 11.5 Å². The number of nitrogen functional groups attached to an aromatic ring is 1. The molecule has 0 aromatic carbocycles. The fourth-order valence-corrected chi connectivity index (χ4v) is 2.50. The second-order valence-corrected chi connectivity index (χ2v) is 4.93. The average Bonchev–Trinajstić information content (AvgIpc) is 3.02. The van der Waals surface area contributed by atoms with Gasteiger partial charge in [-0.25, -0.2) is 9.67 Å². The monoisotopic (exact) mass is 286 g/mol. The molecule has 1 aliphatic rings. The van der Waals surface area contributed by atoms with Crippen molar-refractivity contribution in [1.82, 2.24) is 14.8 Å². The Hall–Kier alpha value is -2.90. The number of anilines is 1. The molecular weight excluding hydrogens is 272 g/mol. The summed E-state index contributed by atoms with van der Waals surface area (Å²) in [6, 6.07) is 1.73. The summed E-state index contributed by atoms with van der Waals surface area (Å²) in [6.45, 7) is 0. The highest BCUT2D eigenvalue weighted by Crippen LogP contribution is 2.25. The van der Waals surface area contributed by atoms with Crippen molar-refractivity contribution in [3.05, 3.63) is 34.8 Å². The lowest BCUT2D eigenvalue weighted by molar-refractivity contribution is 0.0991. The largest absolute Gasteiger partial charge is 0.396 e. The second kappa shape index (κ2) is 4.58. The fraction of sp³-hybridized carbons (Fsp3) is 0.231. The first-order valence-electron chi connectivity index (χ1n) is 6.45. The number of hydrogen-bond donors (Lipinski definition) is 3. The van der Waals surface area contributed by atoms with Gasteiger partial charge in [0.05, 0.1) is 17.4 Å². The Morgan fingerprint density at radius 2 is 1.95 bits per heavy atom. The number of amides is 2. The van der Waals surface area contributed by atoms with E-state index in [4.69, 9.17) is 17.2 Å². The van der Waals surface area contributed by atoms with E-state index < -0.39 is 11.8 Å². The molecule has 8 heteroatoms. The minimum absolute atomic E-state index is 0.0623. The minimum atomic E-state index is -0.743. The Labute approximate surface area is 119 Å². The van der Waals surface area contributed by atoms with E-state index in [2.05, 4.69) is 10.1 Å². The Bertz CT molecular complexity index is 764. The van der Waals surface area contributed by atoms with Crippen LogP contribution in [0.2, 0.25) is 0 Å². The van der Waals surface area contributed by atoms with Crippen molar-refractivity contribution in [2.24, 2.45) is 11.5 Å². The number of nitrogens with zero attached hydrogens (tertiary/aromatic N) is 3. The van der Waals surface area contributed by atoms with E-state index in [1.165, 1.54) is 10.9 Å². The van der Waals surface area contributed by atoms with E-state index in [1.54, 1.807) is 6.07 Å². The molecule has 2 aromatic heterocycles. The molecular formula is C13H14N6O2. The predicted molar refractivity (Wildman–Crippen MR) is 74.8 cm³/mol. The van der Waals surface area contributed by atoms with Crippen molar-refractivity contribution in [3.8, 4) is 5.82 Å². The maximum absolute atomic E-state index is 11.6. The Balaban J connectivity index is 2.19. The zero-order valence-corrected chi connectivity index (χ0v) is 11.2. The molecule has 6 N–H and O–H groups in total. The van der Waals surface area contributed by atoms with Gasteiger partial charge in [-0.05, 0) is 30.9 Å². The zero-order chi connectivity index (χ0) is 15.1. The van der Waals surface area contributed by atoms with Crippen LogP contribution in [0.3, 0.4) is 0 Å². The highest BCUT2D eigenvalue weighted by atomic mass is 16.1. The molecule has 0 radical (unpaired) electrons. The van der Waals surface area contributed by atoms with Crippen molar-refractivity contribution in [3.63, 3.8) is 0 Å². The molecule has 0 atom stereocenters. The molecule has 1 aliphatic carbocycles. The lowest BCUT2D eigenvalue weighted by atomic mass is 10.1. The molecule has 3 rings (SSSR count). The van der Waals surface area contributed by atoms with Crippen molar-refractivity contribution >= 4 is 17.5 Å². The highest BCUT2D eigenvalue weighted by molar-refractivity contribution is 5.97. The summed E-state index contributed by atoms with van der Waals surface area (Å²) in [7, 11) is 0. The van der Waals surface area contributed by atoms with Gasteiger partial charge >= 0.3 is 0 Å². The van der Waals surface area contributed by atoms with Gasteiger partial charge in [-0.15, -0.1) is 0 Å². The second-order valence-electron chi connectivity index (χ2n) is 4.93. The first-order chi connectivity index (χ1) is 9.97. The van der Waals surface area contributed by atoms with Crippen LogP contribution >= 0.6 is 0 Å². The zero-order valence-electron chi connectivity index (χ0n) is 11.2. The smallest absolute Gasteiger partial charge is 0.271 e. The van der Waals surface area contributed by atoms with E-state index in [-0.39, 0.29) is 22.8 Å². The minimum Gasteiger partial charge on any atom is -0.396 e. The molecule has 21 heavy (non-hydrogen) atoms. The number of rotatable bonds is 3. The molecule has 0 unspecified atom stereocenters. The number of hydrogen-bond acceptors (Lipinski definition) is 5. The topological polar surface area (TPSA) is 143 Å². The predicted octanol–water partition coefficient (Wildman–Crippen LogP) is -0.464. The van der Waals surface area contributed by atoms with Gasteiger partial charge in [0.2, 0.25) is 0 Å². The SMILES string of the molecule is NC(=O)c1cc2c(nc1-n1cc(N)c(C(N)=O)n1)CCC2. The molecule has 0 fully saturated rings. The normalized spacial score (nSPS) is 13.1. The van der Waals surface area contributed by atoms with Gasteiger partial charge in [-0.2, -0.15) is 5.10 Å². The van der Waals surface area contributed by atoms with Gasteiger partial charge in [-0.1, -0.05) is 0 Å². The van der Waals surface area contributed by atoms with Crippen LogP contribution in [0.1, 0.15) is 38.5 Å². The van der Waals surface area contributed by atoms with Crippen molar-refractivity contribution in [2.75, 3.05) is 5.73 Å². The molecule has 0 saturated carbocycles. The molecule has 108 valence electrons. The quantitative estimate of drug-likeness (QED) is 0.699. The Morgan fingerprint density at radius 1 is 1.19 bits per heavy atom. The third-order valence-electron chi connectivity index (χ3n) is 3.49. The van der Waals surface area contributed by atoms with Crippen LogP contribution in [-0.4, -0.2) is 26.6 Å². The average molecular weight is 286 g/mol. The van der Waals surface area contributed by atoms with Crippen LogP contribution in [0.25, 0.3) is 5.82 Å². The molecule has 2 aromatic rings. The number of nitrogens with two attached hydrogens (primary N) is 3. The summed E-state index contributed by atoms with van der Waals surface area (Å²) < 4.78 is 1.27. The van der Waals surface area contributed by atoms with E-state index in [9.17, 15) is 9.59 Å². The van der Waals surface area contributed by atoms with Gasteiger partial charge in [0.25, 0.3) is 11.8 Å². The van der Waals surface area contributed by atoms with Crippen LogP contribution < -0.4 is 17.2 Å². The lowest BCUT2D eigenvalue weighted by Gasteiger charge is -2.09. The summed E-state index contributed by atoms with van der Waals surface area (Å²) in [6.07, 6.45) is 4.09. The van der Waals surface area contributed by atoms with Crippen LogP contribution in [-0.2, 0) is 12.8 Å². The highest BCUT2D eigenvalue weighted by Gasteiger charge is 2.22. The molecule has 2 heterocycles. The molecule has 0 spiro atoms. The number of aromatic nitrogens is 3. The number of carbonyl (C=O) groups excluding carboxylic acids is 2. The summed E-state index contributed by atoms with van der Waals surface area (Å²) in [5.41, 5.74) is 18.5. The first kappa shape index (κ1) is 13.1. The number of primary amides is 2. The van der Waals surface area contributed by atoms with E-state index in [1.807, 2.05) is 0 Å². The molecule has 0 aliphatic heterocycles. The van der Waals surface area contributed by atoms with Crippen LogP contribution in [0, 0.1) is 0 Å². The molecule has 0 saturated heterocycles. The van der Waals surface area contributed by atoms with Crippen LogP contribution in [0.4, 0.5) is 5.69 Å². The Morgan fingerprint density at radius 3 is 2.57 bits per heavy atom. The molecule has 0 bridgehead atoms. The summed E-state index contributed by atoms with van der Waals surface area (Å²) in [5, 5.41) is 3.99. The van der Waals surface area contributed by atoms with Crippen molar-refractivity contribution in [1.29, 1.82) is 0 Å². The van der Waals surface area contributed by atoms with Gasteiger partial charge < -0.3 is 17.2 Å². The van der Waals surface area contributed by atoms with E-state index >= 15 is 0 Å². The van der Waals surface area contributed by atoms with E-state index in [0.29, 0.717) is 0 Å². The Kier molecular flexibility index (Phi) is 2.86. The summed E-state index contributed by atoms with van der Waals surface area (Å²) >= 11 is 0. The number of pyridine rings is 1. The van der Waals surface area contributed by atoms with E-state index in [0.717, 1.165) is 30.5 Å². The summed E-state index contributed by atoms with van der Waals surface area (Å²) in [4.78, 5) is 27.3. The van der Waals surface area contributed by atoms with Crippen molar-refractivity contribution < 1.29 is 9.59 Å². The number of fused-ring (bicyclic) bond motifs is 1. The molecule has 2 amide bonds. The maximum Gasteiger partial charge on any atom is 0.271 e. The van der Waals surface area contributed by atoms with Crippen LogP contribution in [0.5, 0.6) is 0 Å². The van der Waals surface area contributed by atoms with Gasteiger partial charge in [0, 0.05) is 5.69 Å². The maximum atomic E-state index is 11.6. The summed E-state index contributed by atoms with van der Waals surface area (Å²) in [5.74, 6) is -1.09. The third-order valence-corrected chi connectivity index (χ3v) is 3.49. The van der Waals surface area contributed by atoms with Crippen molar-refractivity contribution in [2.45, 2.75) is 19.3 Å². The molecule has 8 nitrogen and oxygen atoms in total. The first-order valence-corrected chi connectivity index (χ1v) is 6.45.